The molecule has 11 rings (SSSR count). The molecular weight excluding hydrogens is 793 g/mol. The van der Waals surface area contributed by atoms with Crippen LogP contribution in [-0.4, -0.2) is 21.7 Å². The molecule has 308 valence electrons. The van der Waals surface area contributed by atoms with Crippen LogP contribution in [0.1, 0.15) is 40.5 Å². The molecule has 5 heteroatoms. The zero-order valence-corrected chi connectivity index (χ0v) is 35.5. The third kappa shape index (κ3) is 8.27. The van der Waals surface area contributed by atoms with Crippen LogP contribution in [0.3, 0.4) is 0 Å². The van der Waals surface area contributed by atoms with Crippen LogP contribution in [0, 0.1) is 0 Å². The molecule has 0 fully saturated rings. The second kappa shape index (κ2) is 17.7. The smallest absolute Gasteiger partial charge is 0.225 e. The van der Waals surface area contributed by atoms with Gasteiger partial charge in [-0.3, -0.25) is 0 Å². The number of amidine groups is 1. The first-order chi connectivity index (χ1) is 32.2. The van der Waals surface area contributed by atoms with Gasteiger partial charge in [0.2, 0.25) is 12.1 Å². The van der Waals surface area contributed by atoms with Gasteiger partial charge in [0.15, 0.2) is 11.7 Å². The average molecular weight is 835 g/mol. The van der Waals surface area contributed by atoms with E-state index in [4.69, 9.17) is 24.7 Å². The molecule has 9 aromatic rings. The van der Waals surface area contributed by atoms with Crippen LogP contribution in [0.15, 0.2) is 247 Å². The summed E-state index contributed by atoms with van der Waals surface area (Å²) in [5.74, 6) is 1.92. The summed E-state index contributed by atoms with van der Waals surface area (Å²) >= 11 is 0. The summed E-state index contributed by atoms with van der Waals surface area (Å²) < 4.78 is 6.42. The second-order valence-electron chi connectivity index (χ2n) is 16.1. The van der Waals surface area contributed by atoms with Crippen molar-refractivity contribution in [3.05, 3.63) is 264 Å². The SMILES string of the molecule is C1=C(c2ccc(-c3nc(-c4ccccc4)cc(-c4ccccc4)n3)cc2)C(c2ccccc2-c2ccc(-c3ccc(C4N=C(c5ccccc5)N=C(c5ccccc5)O4)cc3)cc2)=CC1. The molecule has 0 bridgehead atoms. The van der Waals surface area contributed by atoms with E-state index in [1.807, 2.05) is 97.1 Å². The quantitative estimate of drug-likeness (QED) is 0.138. The van der Waals surface area contributed by atoms with E-state index < -0.39 is 6.23 Å². The van der Waals surface area contributed by atoms with E-state index in [1.54, 1.807) is 0 Å². The molecule has 5 nitrogen and oxygen atoms in total. The second-order valence-corrected chi connectivity index (χ2v) is 16.1. The van der Waals surface area contributed by atoms with Crippen molar-refractivity contribution in [3.63, 3.8) is 0 Å². The number of benzene rings is 8. The predicted molar refractivity (Wildman–Crippen MR) is 266 cm³/mol. The van der Waals surface area contributed by atoms with Crippen LogP contribution in [0.5, 0.6) is 0 Å². The van der Waals surface area contributed by atoms with E-state index in [1.165, 1.54) is 27.8 Å². The first-order valence-corrected chi connectivity index (χ1v) is 22.0. The van der Waals surface area contributed by atoms with E-state index in [-0.39, 0.29) is 0 Å². The van der Waals surface area contributed by atoms with Crippen molar-refractivity contribution in [1.82, 2.24) is 9.97 Å². The molecule has 0 amide bonds. The number of rotatable bonds is 10. The Balaban J connectivity index is 0.832. The molecule has 1 aliphatic heterocycles. The zero-order chi connectivity index (χ0) is 43.4. The van der Waals surface area contributed by atoms with Gasteiger partial charge in [0, 0.05) is 33.4 Å². The molecule has 1 aromatic heterocycles. The average Bonchev–Trinajstić information content (AvgIpc) is 3.90. The number of hydrogen-bond acceptors (Lipinski definition) is 5. The van der Waals surface area contributed by atoms with Gasteiger partial charge in [0.25, 0.3) is 0 Å². The van der Waals surface area contributed by atoms with Gasteiger partial charge < -0.3 is 4.74 Å². The van der Waals surface area contributed by atoms with Crippen molar-refractivity contribution in [2.75, 3.05) is 0 Å². The normalized spacial score (nSPS) is 14.4. The van der Waals surface area contributed by atoms with E-state index in [0.29, 0.717) is 17.6 Å². The molecule has 2 aliphatic rings. The van der Waals surface area contributed by atoms with Crippen LogP contribution >= 0.6 is 0 Å². The predicted octanol–water partition coefficient (Wildman–Crippen LogP) is 14.6. The summed E-state index contributed by atoms with van der Waals surface area (Å²) in [6.45, 7) is 0. The van der Waals surface area contributed by atoms with Gasteiger partial charge in [-0.1, -0.05) is 218 Å². The van der Waals surface area contributed by atoms with Gasteiger partial charge in [-0.25, -0.2) is 15.0 Å². The standard InChI is InChI=1S/C60H42N4O/c1-5-16-45(17-6-1)55-40-56(46-18-7-2-8-19-46)62-57(61-55)48-36-34-44(35-37-48)52-26-15-27-54(52)53-25-14-13-24-51(53)43-32-28-41(29-33-43)42-30-38-50(39-31-42)60-64-58(47-20-9-3-10-21-47)63-59(65-60)49-22-11-4-12-23-49/h1-14,16-40,60H,15H2. The number of hydrogen-bond donors (Lipinski definition) is 0. The Kier molecular flexibility index (Phi) is 10.7. The van der Waals surface area contributed by atoms with Gasteiger partial charge in [-0.15, -0.1) is 0 Å². The Labute approximate surface area is 379 Å². The van der Waals surface area contributed by atoms with Crippen LogP contribution < -0.4 is 0 Å². The summed E-state index contributed by atoms with van der Waals surface area (Å²) in [5.41, 5.74) is 17.2. The van der Waals surface area contributed by atoms with Crippen molar-refractivity contribution >= 4 is 22.9 Å². The highest BCUT2D eigenvalue weighted by molar-refractivity contribution is 6.11. The largest absolute Gasteiger partial charge is 0.447 e. The summed E-state index contributed by atoms with van der Waals surface area (Å²) in [5, 5.41) is 0. The topological polar surface area (TPSA) is 59.7 Å². The maximum absolute atomic E-state index is 6.42. The molecule has 0 N–H and O–H groups in total. The monoisotopic (exact) mass is 834 g/mol. The lowest BCUT2D eigenvalue weighted by atomic mass is 9.88. The van der Waals surface area contributed by atoms with E-state index in [2.05, 4.69) is 140 Å². The fraction of sp³-hybridized carbons (Fsp3) is 0.0333. The molecule has 8 aromatic carbocycles. The lowest BCUT2D eigenvalue weighted by molar-refractivity contribution is 0.199. The minimum atomic E-state index is -0.522. The van der Waals surface area contributed by atoms with Gasteiger partial charge in [0.05, 0.1) is 11.4 Å². The molecule has 65 heavy (non-hydrogen) atoms. The molecule has 0 saturated carbocycles. The van der Waals surface area contributed by atoms with Crippen LogP contribution in [-0.2, 0) is 4.74 Å². The van der Waals surface area contributed by atoms with Crippen LogP contribution in [0.2, 0.25) is 0 Å². The Morgan fingerprint density at radius 2 is 0.831 bits per heavy atom. The van der Waals surface area contributed by atoms with Crippen LogP contribution in [0.25, 0.3) is 67.3 Å². The summed E-state index contributed by atoms with van der Waals surface area (Å²) in [6.07, 6.45) is 5.03. The Morgan fingerprint density at radius 3 is 1.43 bits per heavy atom. The van der Waals surface area contributed by atoms with E-state index >= 15 is 0 Å². The lowest BCUT2D eigenvalue weighted by Gasteiger charge is -2.22. The zero-order valence-electron chi connectivity index (χ0n) is 35.5. The molecule has 1 aliphatic carbocycles. The van der Waals surface area contributed by atoms with Gasteiger partial charge in [-0.05, 0) is 69.1 Å². The lowest BCUT2D eigenvalue weighted by Crippen LogP contribution is -2.20. The Hall–Kier alpha value is -8.54. The minimum absolute atomic E-state index is 0.522. The Morgan fingerprint density at radius 1 is 0.369 bits per heavy atom. The first kappa shape index (κ1) is 39.3. The molecule has 2 heterocycles. The Bertz CT molecular complexity index is 3190. The molecule has 0 radical (unpaired) electrons. The third-order valence-corrected chi connectivity index (χ3v) is 11.9. The van der Waals surface area contributed by atoms with Gasteiger partial charge >= 0.3 is 0 Å². The number of nitrogens with zero attached hydrogens (tertiary/aromatic N) is 4. The highest BCUT2D eigenvalue weighted by Gasteiger charge is 2.24. The minimum Gasteiger partial charge on any atom is -0.447 e. The maximum Gasteiger partial charge on any atom is 0.225 e. The van der Waals surface area contributed by atoms with Crippen molar-refractivity contribution in [2.45, 2.75) is 12.6 Å². The fourth-order valence-corrected chi connectivity index (χ4v) is 8.56. The van der Waals surface area contributed by atoms with Gasteiger partial charge in [0.1, 0.15) is 0 Å². The van der Waals surface area contributed by atoms with Crippen molar-refractivity contribution in [2.24, 2.45) is 9.98 Å². The number of ether oxygens (including phenoxy) is 1. The van der Waals surface area contributed by atoms with Crippen molar-refractivity contribution < 1.29 is 4.74 Å². The van der Waals surface area contributed by atoms with E-state index in [0.717, 1.165) is 67.9 Å². The maximum atomic E-state index is 6.42. The first-order valence-electron chi connectivity index (χ1n) is 22.0. The molecule has 1 unspecified atom stereocenters. The highest BCUT2D eigenvalue weighted by Crippen LogP contribution is 2.41. The summed E-state index contributed by atoms with van der Waals surface area (Å²) in [7, 11) is 0. The van der Waals surface area contributed by atoms with Gasteiger partial charge in [-0.2, -0.15) is 4.99 Å². The molecule has 0 saturated heterocycles. The van der Waals surface area contributed by atoms with Crippen molar-refractivity contribution in [1.29, 1.82) is 0 Å². The van der Waals surface area contributed by atoms with Crippen molar-refractivity contribution in [3.8, 4) is 56.2 Å². The fourth-order valence-electron chi connectivity index (χ4n) is 8.56. The highest BCUT2D eigenvalue weighted by atomic mass is 16.5. The van der Waals surface area contributed by atoms with E-state index in [9.17, 15) is 0 Å². The molecular formula is C60H42N4O. The van der Waals surface area contributed by atoms with Crippen LogP contribution in [0.4, 0.5) is 0 Å². The summed E-state index contributed by atoms with van der Waals surface area (Å²) in [6, 6.07) is 77.6. The number of aliphatic imine (C=N–C) groups is 2. The molecule has 1 atom stereocenters. The number of aromatic nitrogens is 2. The molecule has 0 spiro atoms. The summed E-state index contributed by atoms with van der Waals surface area (Å²) in [4.78, 5) is 19.9. The number of allylic oxidation sites excluding steroid dienone is 4. The third-order valence-electron chi connectivity index (χ3n) is 11.9.